The van der Waals surface area contributed by atoms with Gasteiger partial charge in [0.15, 0.2) is 11.6 Å². The van der Waals surface area contributed by atoms with E-state index in [0.29, 0.717) is 5.56 Å². The average Bonchev–Trinajstić information content (AvgIpc) is 2.74. The normalized spacial score (nSPS) is 12.5. The lowest BCUT2D eigenvalue weighted by atomic mass is 10.0. The van der Waals surface area contributed by atoms with Crippen molar-refractivity contribution < 1.29 is 14.2 Å². The Kier molecular flexibility index (Phi) is 3.45. The van der Waals surface area contributed by atoms with E-state index < -0.39 is 11.9 Å². The zero-order chi connectivity index (χ0) is 12.4. The van der Waals surface area contributed by atoms with Gasteiger partial charge in [0.1, 0.15) is 6.10 Å². The van der Waals surface area contributed by atoms with Crippen LogP contribution in [0.25, 0.3) is 0 Å². The summed E-state index contributed by atoms with van der Waals surface area (Å²) < 4.78 is 18.4. The Morgan fingerprint density at radius 3 is 2.65 bits per heavy atom. The molecule has 4 heteroatoms. The number of benzene rings is 1. The van der Waals surface area contributed by atoms with Crippen LogP contribution >= 0.6 is 11.3 Å². The molecule has 0 aliphatic rings. The van der Waals surface area contributed by atoms with Gasteiger partial charge >= 0.3 is 0 Å². The molecule has 1 N–H and O–H groups in total. The highest BCUT2D eigenvalue weighted by Crippen LogP contribution is 2.30. The molecule has 0 saturated heterocycles. The Hall–Kier alpha value is -1.39. The highest BCUT2D eigenvalue weighted by Gasteiger charge is 2.15. The van der Waals surface area contributed by atoms with Crippen molar-refractivity contribution in [3.05, 3.63) is 51.5 Å². The Morgan fingerprint density at radius 2 is 2.12 bits per heavy atom. The van der Waals surface area contributed by atoms with E-state index in [1.165, 1.54) is 19.2 Å². The lowest BCUT2D eigenvalue weighted by molar-refractivity contribution is 0.219. The molecule has 1 atom stereocenters. The molecular weight excluding hydrogens is 239 g/mol. The largest absolute Gasteiger partial charge is 0.494 e. The summed E-state index contributed by atoms with van der Waals surface area (Å²) in [5.74, 6) is -0.278. The van der Waals surface area contributed by atoms with Crippen molar-refractivity contribution in [2.75, 3.05) is 7.11 Å². The first-order valence-corrected chi connectivity index (χ1v) is 6.07. The fraction of sp³-hybridized carbons (Fsp3) is 0.231. The zero-order valence-electron chi connectivity index (χ0n) is 9.61. The summed E-state index contributed by atoms with van der Waals surface area (Å²) in [6.45, 7) is 1.93. The molecule has 0 aliphatic carbocycles. The maximum absolute atomic E-state index is 13.5. The van der Waals surface area contributed by atoms with Crippen molar-refractivity contribution in [1.29, 1.82) is 0 Å². The number of ether oxygens (including phenoxy) is 1. The molecule has 1 unspecified atom stereocenters. The molecule has 1 heterocycles. The first-order chi connectivity index (χ1) is 8.13. The number of halogens is 1. The smallest absolute Gasteiger partial charge is 0.165 e. The first kappa shape index (κ1) is 12.1. The number of hydrogen-bond acceptors (Lipinski definition) is 3. The van der Waals surface area contributed by atoms with Crippen LogP contribution in [0.1, 0.15) is 22.1 Å². The van der Waals surface area contributed by atoms with Gasteiger partial charge in [0.05, 0.1) is 7.11 Å². The van der Waals surface area contributed by atoms with E-state index in [9.17, 15) is 9.50 Å². The van der Waals surface area contributed by atoms with Gasteiger partial charge in [0.2, 0.25) is 0 Å². The van der Waals surface area contributed by atoms with E-state index in [-0.39, 0.29) is 5.75 Å². The van der Waals surface area contributed by atoms with Crippen LogP contribution in [0, 0.1) is 12.7 Å². The monoisotopic (exact) mass is 252 g/mol. The number of aliphatic hydroxyl groups is 1. The molecular formula is C13H13FO2S. The van der Waals surface area contributed by atoms with Crippen molar-refractivity contribution in [1.82, 2.24) is 0 Å². The summed E-state index contributed by atoms with van der Waals surface area (Å²) >= 11 is 1.56. The SMILES string of the molecule is COc1ccc(C(O)c2ccsc2C)cc1F. The molecule has 0 radical (unpaired) electrons. The summed E-state index contributed by atoms with van der Waals surface area (Å²) in [4.78, 5) is 1.04. The summed E-state index contributed by atoms with van der Waals surface area (Å²) in [5, 5.41) is 12.1. The van der Waals surface area contributed by atoms with Crippen LogP contribution < -0.4 is 4.74 Å². The van der Waals surface area contributed by atoms with Gasteiger partial charge in [-0.05, 0) is 41.6 Å². The van der Waals surface area contributed by atoms with Gasteiger partial charge in [-0.3, -0.25) is 0 Å². The molecule has 2 rings (SSSR count). The second-order valence-electron chi connectivity index (χ2n) is 3.73. The number of aliphatic hydroxyl groups excluding tert-OH is 1. The maximum Gasteiger partial charge on any atom is 0.165 e. The minimum Gasteiger partial charge on any atom is -0.494 e. The molecule has 0 bridgehead atoms. The van der Waals surface area contributed by atoms with Crippen LogP contribution in [0.4, 0.5) is 4.39 Å². The van der Waals surface area contributed by atoms with Crippen LogP contribution in [0.3, 0.4) is 0 Å². The van der Waals surface area contributed by atoms with Gasteiger partial charge in [0, 0.05) is 4.88 Å². The molecule has 17 heavy (non-hydrogen) atoms. The van der Waals surface area contributed by atoms with Crippen LogP contribution in [0.15, 0.2) is 29.6 Å². The standard InChI is InChI=1S/C13H13FO2S/c1-8-10(5-6-17-8)13(15)9-3-4-12(16-2)11(14)7-9/h3-7,13,15H,1-2H3. The van der Waals surface area contributed by atoms with Gasteiger partial charge in [-0.25, -0.2) is 4.39 Å². The molecule has 0 spiro atoms. The van der Waals surface area contributed by atoms with E-state index in [1.807, 2.05) is 18.4 Å². The number of thiophene rings is 1. The van der Waals surface area contributed by atoms with Crippen molar-refractivity contribution in [2.24, 2.45) is 0 Å². The summed E-state index contributed by atoms with van der Waals surface area (Å²) in [6.07, 6.45) is -0.790. The third-order valence-corrected chi connectivity index (χ3v) is 3.55. The average molecular weight is 252 g/mol. The molecule has 0 saturated carbocycles. The number of hydrogen-bond donors (Lipinski definition) is 1. The number of methoxy groups -OCH3 is 1. The third kappa shape index (κ3) is 2.33. The summed E-state index contributed by atoms with van der Waals surface area (Å²) in [6, 6.07) is 6.35. The highest BCUT2D eigenvalue weighted by molar-refractivity contribution is 7.10. The number of rotatable bonds is 3. The predicted molar refractivity (Wildman–Crippen MR) is 66.1 cm³/mol. The van der Waals surface area contributed by atoms with E-state index in [1.54, 1.807) is 17.4 Å². The molecule has 0 fully saturated rings. The predicted octanol–water partition coefficient (Wildman–Crippen LogP) is 3.29. The van der Waals surface area contributed by atoms with Crippen LogP contribution in [0.5, 0.6) is 5.75 Å². The fourth-order valence-corrected chi connectivity index (χ4v) is 2.45. The lowest BCUT2D eigenvalue weighted by Crippen LogP contribution is -2.01. The molecule has 1 aromatic carbocycles. The van der Waals surface area contributed by atoms with Crippen LogP contribution in [-0.4, -0.2) is 12.2 Å². The maximum atomic E-state index is 13.5. The molecule has 0 aliphatic heterocycles. The minimum atomic E-state index is -0.790. The van der Waals surface area contributed by atoms with Crippen LogP contribution in [-0.2, 0) is 0 Å². The second-order valence-corrected chi connectivity index (χ2v) is 4.85. The van der Waals surface area contributed by atoms with E-state index in [4.69, 9.17) is 4.74 Å². The second kappa shape index (κ2) is 4.85. The number of aryl methyl sites for hydroxylation is 1. The van der Waals surface area contributed by atoms with E-state index >= 15 is 0 Å². The first-order valence-electron chi connectivity index (χ1n) is 5.19. The zero-order valence-corrected chi connectivity index (χ0v) is 10.4. The van der Waals surface area contributed by atoms with E-state index in [0.717, 1.165) is 10.4 Å². The van der Waals surface area contributed by atoms with Gasteiger partial charge in [-0.15, -0.1) is 11.3 Å². The van der Waals surface area contributed by atoms with Gasteiger partial charge in [-0.1, -0.05) is 6.07 Å². The summed E-state index contributed by atoms with van der Waals surface area (Å²) in [5.41, 5.74) is 1.35. The van der Waals surface area contributed by atoms with E-state index in [2.05, 4.69) is 0 Å². The lowest BCUT2D eigenvalue weighted by Gasteiger charge is -2.12. The molecule has 2 aromatic rings. The summed E-state index contributed by atoms with van der Waals surface area (Å²) in [7, 11) is 1.41. The molecule has 1 aromatic heterocycles. The minimum absolute atomic E-state index is 0.183. The molecule has 90 valence electrons. The van der Waals surface area contributed by atoms with Crippen LogP contribution in [0.2, 0.25) is 0 Å². The fourth-order valence-electron chi connectivity index (χ4n) is 1.71. The van der Waals surface area contributed by atoms with Crippen molar-refractivity contribution in [3.63, 3.8) is 0 Å². The molecule has 0 amide bonds. The van der Waals surface area contributed by atoms with Crippen molar-refractivity contribution in [3.8, 4) is 5.75 Å². The Morgan fingerprint density at radius 1 is 1.35 bits per heavy atom. The topological polar surface area (TPSA) is 29.5 Å². The van der Waals surface area contributed by atoms with Crippen molar-refractivity contribution >= 4 is 11.3 Å². The van der Waals surface area contributed by atoms with Crippen molar-refractivity contribution in [2.45, 2.75) is 13.0 Å². The van der Waals surface area contributed by atoms with Gasteiger partial charge in [0.25, 0.3) is 0 Å². The third-order valence-electron chi connectivity index (χ3n) is 2.69. The Labute approximate surface area is 103 Å². The van der Waals surface area contributed by atoms with Gasteiger partial charge < -0.3 is 9.84 Å². The Bertz CT molecular complexity index is 522. The highest BCUT2D eigenvalue weighted by atomic mass is 32.1. The quantitative estimate of drug-likeness (QED) is 0.908. The molecule has 2 nitrogen and oxygen atoms in total. The Balaban J connectivity index is 2.35. The van der Waals surface area contributed by atoms with Gasteiger partial charge in [-0.2, -0.15) is 0 Å².